The van der Waals surface area contributed by atoms with E-state index in [0.717, 1.165) is 17.1 Å². The maximum Gasteiger partial charge on any atom is 0.224 e. The van der Waals surface area contributed by atoms with Crippen LogP contribution in [0, 0.1) is 0 Å². The fourth-order valence-corrected chi connectivity index (χ4v) is 3.06. The van der Waals surface area contributed by atoms with Crippen molar-refractivity contribution in [2.45, 2.75) is 44.4 Å². The van der Waals surface area contributed by atoms with E-state index in [-0.39, 0.29) is 5.12 Å². The third-order valence-corrected chi connectivity index (χ3v) is 4.53. The molecule has 0 N–H and O–H groups in total. The summed E-state index contributed by atoms with van der Waals surface area (Å²) in [6.45, 7) is 4.79. The first-order chi connectivity index (χ1) is 11.2. The van der Waals surface area contributed by atoms with Crippen LogP contribution >= 0.6 is 11.8 Å². The fraction of sp³-hybridized carbons (Fsp3) is 0.350. The van der Waals surface area contributed by atoms with Gasteiger partial charge in [0.2, 0.25) is 5.12 Å². The molecule has 0 atom stereocenters. The van der Waals surface area contributed by atoms with E-state index in [4.69, 9.17) is 4.74 Å². The third-order valence-electron chi connectivity index (χ3n) is 3.60. The van der Waals surface area contributed by atoms with Crippen molar-refractivity contribution >= 4 is 16.9 Å². The molecule has 0 saturated heterocycles. The van der Waals surface area contributed by atoms with Gasteiger partial charge in [-0.05, 0) is 73.5 Å². The van der Waals surface area contributed by atoms with Crippen molar-refractivity contribution in [3.8, 4) is 5.75 Å². The fourth-order valence-electron chi connectivity index (χ4n) is 2.32. The highest BCUT2D eigenvalue weighted by molar-refractivity contribution is 8.14. The SMILES string of the molecule is CCCCCc1ccc(SC(=O)c2ccc(OCC)cc2)cc1. The zero-order chi connectivity index (χ0) is 16.5. The average Bonchev–Trinajstić information content (AvgIpc) is 2.57. The van der Waals surface area contributed by atoms with Crippen LogP contribution in [0.25, 0.3) is 0 Å². The van der Waals surface area contributed by atoms with Crippen molar-refractivity contribution in [3.63, 3.8) is 0 Å². The Morgan fingerprint density at radius 3 is 2.26 bits per heavy atom. The summed E-state index contributed by atoms with van der Waals surface area (Å²) < 4.78 is 5.39. The molecule has 0 aliphatic heterocycles. The van der Waals surface area contributed by atoms with Gasteiger partial charge in [-0.25, -0.2) is 0 Å². The molecule has 122 valence electrons. The van der Waals surface area contributed by atoms with Crippen molar-refractivity contribution in [1.29, 1.82) is 0 Å². The number of carbonyl (C=O) groups excluding carboxylic acids is 1. The molecule has 3 heteroatoms. The Morgan fingerprint density at radius 2 is 1.65 bits per heavy atom. The number of unbranched alkanes of at least 4 members (excludes halogenated alkanes) is 2. The maximum atomic E-state index is 12.3. The number of rotatable bonds is 8. The molecule has 0 bridgehead atoms. The normalized spacial score (nSPS) is 10.5. The van der Waals surface area contributed by atoms with Crippen LogP contribution < -0.4 is 4.74 Å². The molecule has 0 fully saturated rings. The summed E-state index contributed by atoms with van der Waals surface area (Å²) in [6, 6.07) is 15.7. The molecule has 0 radical (unpaired) electrons. The Kier molecular flexibility index (Phi) is 7.21. The van der Waals surface area contributed by atoms with Crippen LogP contribution in [-0.2, 0) is 6.42 Å². The molecule has 2 aromatic carbocycles. The number of hydrogen-bond donors (Lipinski definition) is 0. The largest absolute Gasteiger partial charge is 0.494 e. The van der Waals surface area contributed by atoms with E-state index >= 15 is 0 Å². The third kappa shape index (κ3) is 5.76. The number of ether oxygens (including phenoxy) is 1. The van der Waals surface area contributed by atoms with Crippen LogP contribution in [0.5, 0.6) is 5.75 Å². The van der Waals surface area contributed by atoms with Crippen LogP contribution in [0.1, 0.15) is 49.0 Å². The summed E-state index contributed by atoms with van der Waals surface area (Å²) in [7, 11) is 0. The van der Waals surface area contributed by atoms with Crippen molar-refractivity contribution in [3.05, 3.63) is 59.7 Å². The minimum Gasteiger partial charge on any atom is -0.494 e. The van der Waals surface area contributed by atoms with E-state index < -0.39 is 0 Å². The van der Waals surface area contributed by atoms with Crippen molar-refractivity contribution < 1.29 is 9.53 Å². The quantitative estimate of drug-likeness (QED) is 0.456. The smallest absolute Gasteiger partial charge is 0.224 e. The monoisotopic (exact) mass is 328 g/mol. The first kappa shape index (κ1) is 17.6. The molecule has 2 aromatic rings. The Labute approximate surface area is 143 Å². The number of hydrogen-bond acceptors (Lipinski definition) is 3. The zero-order valence-electron chi connectivity index (χ0n) is 13.9. The molecule has 0 heterocycles. The topological polar surface area (TPSA) is 26.3 Å². The summed E-state index contributed by atoms with van der Waals surface area (Å²) in [5, 5.41) is 0.0618. The van der Waals surface area contributed by atoms with Crippen LogP contribution in [0.3, 0.4) is 0 Å². The number of carbonyl (C=O) groups is 1. The van der Waals surface area contributed by atoms with E-state index in [1.165, 1.54) is 36.6 Å². The van der Waals surface area contributed by atoms with Crippen molar-refractivity contribution in [2.75, 3.05) is 6.61 Å². The predicted molar refractivity (Wildman–Crippen MR) is 97.5 cm³/mol. The van der Waals surface area contributed by atoms with Gasteiger partial charge in [-0.2, -0.15) is 0 Å². The second-order valence-electron chi connectivity index (χ2n) is 5.45. The molecular weight excluding hydrogens is 304 g/mol. The van der Waals surface area contributed by atoms with Crippen LogP contribution in [-0.4, -0.2) is 11.7 Å². The van der Waals surface area contributed by atoms with Gasteiger partial charge < -0.3 is 4.74 Å². The molecule has 0 aromatic heterocycles. The van der Waals surface area contributed by atoms with Crippen molar-refractivity contribution in [2.24, 2.45) is 0 Å². The lowest BCUT2D eigenvalue weighted by atomic mass is 10.1. The van der Waals surface area contributed by atoms with Gasteiger partial charge in [-0.3, -0.25) is 4.79 Å². The molecule has 23 heavy (non-hydrogen) atoms. The van der Waals surface area contributed by atoms with Crippen molar-refractivity contribution in [1.82, 2.24) is 0 Å². The van der Waals surface area contributed by atoms with E-state index in [2.05, 4.69) is 19.1 Å². The minimum atomic E-state index is 0.0618. The van der Waals surface area contributed by atoms with E-state index in [1.54, 1.807) is 0 Å². The number of aryl methyl sites for hydroxylation is 1. The zero-order valence-corrected chi connectivity index (χ0v) is 14.7. The minimum absolute atomic E-state index is 0.0618. The molecule has 0 unspecified atom stereocenters. The van der Waals surface area contributed by atoms with Gasteiger partial charge in [0.1, 0.15) is 5.75 Å². The van der Waals surface area contributed by atoms with Gasteiger partial charge in [-0.1, -0.05) is 31.9 Å². The molecular formula is C20H24O2S. The molecule has 0 aliphatic carbocycles. The molecule has 0 saturated carbocycles. The first-order valence-electron chi connectivity index (χ1n) is 8.27. The lowest BCUT2D eigenvalue weighted by molar-refractivity contribution is 0.108. The molecule has 2 nitrogen and oxygen atoms in total. The Hall–Kier alpha value is -1.74. The van der Waals surface area contributed by atoms with E-state index in [1.807, 2.05) is 43.3 Å². The summed E-state index contributed by atoms with van der Waals surface area (Å²) in [5.41, 5.74) is 2.04. The van der Waals surface area contributed by atoms with Gasteiger partial charge in [0, 0.05) is 10.5 Å². The molecule has 0 amide bonds. The van der Waals surface area contributed by atoms with Crippen LogP contribution in [0.4, 0.5) is 0 Å². The van der Waals surface area contributed by atoms with E-state index in [9.17, 15) is 4.79 Å². The summed E-state index contributed by atoms with van der Waals surface area (Å²) in [6.07, 6.45) is 4.86. The highest BCUT2D eigenvalue weighted by Gasteiger charge is 2.08. The van der Waals surface area contributed by atoms with Gasteiger partial charge >= 0.3 is 0 Å². The summed E-state index contributed by atoms with van der Waals surface area (Å²) in [5.74, 6) is 0.797. The first-order valence-corrected chi connectivity index (χ1v) is 9.08. The van der Waals surface area contributed by atoms with Gasteiger partial charge in [0.15, 0.2) is 0 Å². The van der Waals surface area contributed by atoms with Crippen LogP contribution in [0.2, 0.25) is 0 Å². The van der Waals surface area contributed by atoms with E-state index in [0.29, 0.717) is 12.2 Å². The lowest BCUT2D eigenvalue weighted by Gasteiger charge is -2.05. The van der Waals surface area contributed by atoms with Gasteiger partial charge in [-0.15, -0.1) is 0 Å². The highest BCUT2D eigenvalue weighted by atomic mass is 32.2. The number of thioether (sulfide) groups is 1. The lowest BCUT2D eigenvalue weighted by Crippen LogP contribution is -1.95. The van der Waals surface area contributed by atoms with Gasteiger partial charge in [0.25, 0.3) is 0 Å². The number of benzene rings is 2. The Morgan fingerprint density at radius 1 is 0.957 bits per heavy atom. The highest BCUT2D eigenvalue weighted by Crippen LogP contribution is 2.24. The Bertz CT molecular complexity index is 603. The maximum absolute atomic E-state index is 12.3. The van der Waals surface area contributed by atoms with Gasteiger partial charge in [0.05, 0.1) is 6.61 Å². The molecule has 2 rings (SSSR count). The van der Waals surface area contributed by atoms with Crippen LogP contribution in [0.15, 0.2) is 53.4 Å². The Balaban J connectivity index is 1.91. The summed E-state index contributed by atoms with van der Waals surface area (Å²) in [4.78, 5) is 13.3. The summed E-state index contributed by atoms with van der Waals surface area (Å²) >= 11 is 1.27. The molecule has 0 spiro atoms. The molecule has 0 aliphatic rings. The predicted octanol–water partition coefficient (Wildman–Crippen LogP) is 5.75. The standard InChI is InChI=1S/C20H24O2S/c1-3-5-6-7-16-8-14-19(15-9-16)23-20(21)17-10-12-18(13-11-17)22-4-2/h8-15H,3-7H2,1-2H3. The average molecular weight is 328 g/mol. The second kappa shape index (κ2) is 9.41. The second-order valence-corrected chi connectivity index (χ2v) is 6.49.